The van der Waals surface area contributed by atoms with Crippen molar-refractivity contribution < 1.29 is 15.0 Å². The van der Waals surface area contributed by atoms with Crippen LogP contribution in [0.5, 0.6) is 0 Å². The van der Waals surface area contributed by atoms with Crippen molar-refractivity contribution in [3.05, 3.63) is 0 Å². The fraction of sp³-hybridized carbons (Fsp3) is 0.933. The predicted molar refractivity (Wildman–Crippen MR) is 72.3 cm³/mol. The van der Waals surface area contributed by atoms with Gasteiger partial charge in [-0.3, -0.25) is 4.79 Å². The highest BCUT2D eigenvalue weighted by atomic mass is 16.4. The van der Waals surface area contributed by atoms with E-state index in [2.05, 4.69) is 20.8 Å². The molecular formula is C15H28O3. The van der Waals surface area contributed by atoms with Gasteiger partial charge >= 0.3 is 5.97 Å². The highest BCUT2D eigenvalue weighted by Gasteiger charge is 2.60. The fourth-order valence-corrected chi connectivity index (χ4v) is 3.51. The molecule has 2 saturated carbocycles. The lowest BCUT2D eigenvalue weighted by Crippen LogP contribution is -2.35. The molecule has 2 aliphatic carbocycles. The average Bonchev–Trinajstić information content (AvgIpc) is 2.49. The van der Waals surface area contributed by atoms with E-state index in [4.69, 9.17) is 5.11 Å². The zero-order valence-electron chi connectivity index (χ0n) is 12.4. The summed E-state index contributed by atoms with van der Waals surface area (Å²) in [4.78, 5) is 9.81. The molecule has 3 heteroatoms. The van der Waals surface area contributed by atoms with E-state index in [1.807, 2.05) is 13.8 Å². The monoisotopic (exact) mass is 256 g/mol. The lowest BCUT2D eigenvalue weighted by molar-refractivity contribution is -0.137. The standard InChI is InChI=1S/C10H18O.C5H10O2/c1-9(2)7-4-5-10(9,3)8(11)6-7;1-4(2)3-5(6)7/h7-8,11H,4-6H2,1-3H3;4H,3H2,1-2H3,(H,6,7)/t7-,8+,10-;/m1./s1. The number of carboxylic acids is 1. The number of carbonyl (C=O) groups is 1. The SMILES string of the molecule is CC(C)CC(=O)O.CC1(C)[C@@H]2CC[C@]1(C)[C@@H](O)C2. The van der Waals surface area contributed by atoms with E-state index >= 15 is 0 Å². The van der Waals surface area contributed by atoms with Crippen molar-refractivity contribution >= 4 is 5.97 Å². The van der Waals surface area contributed by atoms with E-state index in [1.165, 1.54) is 12.8 Å². The van der Waals surface area contributed by atoms with Gasteiger partial charge < -0.3 is 10.2 Å². The third-order valence-electron chi connectivity index (χ3n) is 5.33. The van der Waals surface area contributed by atoms with Crippen LogP contribution in [0.2, 0.25) is 0 Å². The summed E-state index contributed by atoms with van der Waals surface area (Å²) in [5.74, 6) is 0.343. The lowest BCUT2D eigenvalue weighted by Gasteiger charge is -2.36. The van der Waals surface area contributed by atoms with Crippen molar-refractivity contribution in [3.63, 3.8) is 0 Å². The molecule has 106 valence electrons. The molecule has 2 aliphatic rings. The molecule has 0 spiro atoms. The van der Waals surface area contributed by atoms with Gasteiger partial charge in [0, 0.05) is 6.42 Å². The number of carboxylic acid groups (broad SMARTS) is 1. The minimum Gasteiger partial charge on any atom is -0.481 e. The van der Waals surface area contributed by atoms with Crippen LogP contribution in [0.1, 0.15) is 60.3 Å². The van der Waals surface area contributed by atoms with Gasteiger partial charge in [0.1, 0.15) is 0 Å². The van der Waals surface area contributed by atoms with Gasteiger partial charge in [0.05, 0.1) is 6.10 Å². The van der Waals surface area contributed by atoms with Gasteiger partial charge in [-0.25, -0.2) is 0 Å². The Morgan fingerprint density at radius 1 is 1.33 bits per heavy atom. The first-order valence-corrected chi connectivity index (χ1v) is 7.01. The van der Waals surface area contributed by atoms with Crippen LogP contribution in [-0.4, -0.2) is 22.3 Å². The van der Waals surface area contributed by atoms with Crippen LogP contribution in [0.4, 0.5) is 0 Å². The van der Waals surface area contributed by atoms with Gasteiger partial charge in [0.25, 0.3) is 0 Å². The van der Waals surface area contributed by atoms with E-state index < -0.39 is 5.97 Å². The van der Waals surface area contributed by atoms with E-state index in [0.29, 0.717) is 5.41 Å². The Bertz CT molecular complexity index is 309. The molecule has 2 fully saturated rings. The molecule has 0 aromatic heterocycles. The molecule has 2 bridgehead atoms. The molecule has 0 saturated heterocycles. The maximum Gasteiger partial charge on any atom is 0.303 e. The summed E-state index contributed by atoms with van der Waals surface area (Å²) in [5, 5.41) is 17.9. The molecule has 2 rings (SSSR count). The van der Waals surface area contributed by atoms with Crippen molar-refractivity contribution in [2.75, 3.05) is 0 Å². The highest BCUT2D eigenvalue weighted by Crippen LogP contribution is 2.65. The number of aliphatic carboxylic acids is 1. The Morgan fingerprint density at radius 3 is 2.00 bits per heavy atom. The summed E-state index contributed by atoms with van der Waals surface area (Å²) >= 11 is 0. The average molecular weight is 256 g/mol. The molecule has 3 atom stereocenters. The maximum atomic E-state index is 9.81. The first-order chi connectivity index (χ1) is 8.11. The second-order valence-electron chi connectivity index (χ2n) is 7.12. The van der Waals surface area contributed by atoms with Gasteiger partial charge in [0.15, 0.2) is 0 Å². The molecule has 0 aliphatic heterocycles. The second-order valence-corrected chi connectivity index (χ2v) is 7.12. The third-order valence-corrected chi connectivity index (χ3v) is 5.33. The van der Waals surface area contributed by atoms with Crippen LogP contribution in [0.3, 0.4) is 0 Å². The van der Waals surface area contributed by atoms with Crippen LogP contribution in [0.25, 0.3) is 0 Å². The number of aliphatic hydroxyl groups is 1. The van der Waals surface area contributed by atoms with Crippen molar-refractivity contribution in [1.29, 1.82) is 0 Å². The van der Waals surface area contributed by atoms with Crippen LogP contribution >= 0.6 is 0 Å². The molecule has 0 unspecified atom stereocenters. The summed E-state index contributed by atoms with van der Waals surface area (Å²) < 4.78 is 0. The fourth-order valence-electron chi connectivity index (χ4n) is 3.51. The van der Waals surface area contributed by atoms with Crippen molar-refractivity contribution in [3.8, 4) is 0 Å². The first-order valence-electron chi connectivity index (χ1n) is 7.01. The summed E-state index contributed by atoms with van der Waals surface area (Å²) in [5.41, 5.74) is 0.601. The largest absolute Gasteiger partial charge is 0.481 e. The quantitative estimate of drug-likeness (QED) is 0.797. The van der Waals surface area contributed by atoms with Crippen LogP contribution < -0.4 is 0 Å². The molecule has 3 nitrogen and oxygen atoms in total. The summed E-state index contributed by atoms with van der Waals surface area (Å²) in [6.45, 7) is 10.7. The number of hydrogen-bond acceptors (Lipinski definition) is 2. The minimum absolute atomic E-state index is 0.0313. The minimum atomic E-state index is -0.713. The maximum absolute atomic E-state index is 9.81. The Morgan fingerprint density at radius 2 is 1.89 bits per heavy atom. The van der Waals surface area contributed by atoms with Crippen LogP contribution in [0.15, 0.2) is 0 Å². The molecule has 0 amide bonds. The van der Waals surface area contributed by atoms with Gasteiger partial charge in [0.2, 0.25) is 0 Å². The van der Waals surface area contributed by atoms with Crippen molar-refractivity contribution in [1.82, 2.24) is 0 Å². The van der Waals surface area contributed by atoms with Crippen LogP contribution in [-0.2, 0) is 4.79 Å². The van der Waals surface area contributed by atoms with Crippen molar-refractivity contribution in [2.24, 2.45) is 22.7 Å². The van der Waals surface area contributed by atoms with E-state index in [0.717, 1.165) is 12.3 Å². The van der Waals surface area contributed by atoms with Gasteiger partial charge in [-0.2, -0.15) is 0 Å². The van der Waals surface area contributed by atoms with Gasteiger partial charge in [-0.1, -0.05) is 34.6 Å². The zero-order valence-corrected chi connectivity index (χ0v) is 12.4. The normalized spacial score (nSPS) is 36.4. The molecule has 0 heterocycles. The highest BCUT2D eigenvalue weighted by molar-refractivity contribution is 5.66. The predicted octanol–water partition coefficient (Wildman–Crippen LogP) is 3.31. The Kier molecular flexibility index (Phi) is 4.47. The molecule has 0 aromatic rings. The topological polar surface area (TPSA) is 57.5 Å². The Labute approximate surface area is 111 Å². The van der Waals surface area contributed by atoms with Crippen LogP contribution in [0, 0.1) is 22.7 Å². The molecule has 0 aromatic carbocycles. The van der Waals surface area contributed by atoms with E-state index in [9.17, 15) is 9.90 Å². The number of fused-ring (bicyclic) bond motifs is 2. The number of rotatable bonds is 2. The Balaban J connectivity index is 0.000000203. The summed E-state index contributed by atoms with van der Waals surface area (Å²) in [6, 6.07) is 0. The van der Waals surface area contributed by atoms with Gasteiger partial charge in [-0.15, -0.1) is 0 Å². The summed E-state index contributed by atoms with van der Waals surface area (Å²) in [6.07, 6.45) is 3.85. The molecular weight excluding hydrogens is 228 g/mol. The third kappa shape index (κ3) is 2.71. The lowest BCUT2D eigenvalue weighted by atomic mass is 9.70. The Hall–Kier alpha value is -0.570. The van der Waals surface area contributed by atoms with Crippen molar-refractivity contribution in [2.45, 2.75) is 66.4 Å². The molecule has 18 heavy (non-hydrogen) atoms. The molecule has 2 N–H and O–H groups in total. The number of aliphatic hydroxyl groups excluding tert-OH is 1. The zero-order chi connectivity index (χ0) is 14.1. The second kappa shape index (κ2) is 5.20. The number of hydrogen-bond donors (Lipinski definition) is 2. The summed E-state index contributed by atoms with van der Waals surface area (Å²) in [7, 11) is 0. The molecule has 0 radical (unpaired) electrons. The smallest absolute Gasteiger partial charge is 0.303 e. The van der Waals surface area contributed by atoms with Gasteiger partial charge in [-0.05, 0) is 41.9 Å². The first kappa shape index (κ1) is 15.5. The van der Waals surface area contributed by atoms with E-state index in [-0.39, 0.29) is 23.9 Å². The van der Waals surface area contributed by atoms with E-state index in [1.54, 1.807) is 0 Å².